The van der Waals surface area contributed by atoms with E-state index in [4.69, 9.17) is 4.74 Å². The molecular weight excluding hydrogens is 350 g/mol. The van der Waals surface area contributed by atoms with Gasteiger partial charge in [-0.05, 0) is 25.0 Å². The van der Waals surface area contributed by atoms with Crippen LogP contribution in [0.15, 0.2) is 60.7 Å². The second kappa shape index (κ2) is 8.85. The van der Waals surface area contributed by atoms with Crippen LogP contribution >= 0.6 is 0 Å². The SMILES string of the molecule is [O-]/[N+](=C\c1ccc2cccc(OCN3CCCCC3)c2n1)Cc1ccccc1. The van der Waals surface area contributed by atoms with Gasteiger partial charge in [0, 0.05) is 24.0 Å². The Bertz CT molecular complexity index is 950. The first kappa shape index (κ1) is 18.4. The monoisotopic (exact) mass is 375 g/mol. The molecule has 2 aromatic carbocycles. The fraction of sp³-hybridized carbons (Fsp3) is 0.304. The zero-order valence-electron chi connectivity index (χ0n) is 16.0. The first-order valence-electron chi connectivity index (χ1n) is 9.85. The predicted molar refractivity (Wildman–Crippen MR) is 112 cm³/mol. The summed E-state index contributed by atoms with van der Waals surface area (Å²) in [5.74, 6) is 0.763. The van der Waals surface area contributed by atoms with Gasteiger partial charge in [0.2, 0.25) is 6.21 Å². The summed E-state index contributed by atoms with van der Waals surface area (Å²) in [6.07, 6.45) is 5.31. The Morgan fingerprint density at radius 1 is 0.964 bits per heavy atom. The number of hydrogen-bond donors (Lipinski definition) is 0. The number of hydroxylamine groups is 1. The maximum Gasteiger partial charge on any atom is 0.200 e. The molecule has 4 rings (SSSR count). The first-order valence-corrected chi connectivity index (χ1v) is 9.85. The molecule has 2 heterocycles. The average Bonchev–Trinajstić information content (AvgIpc) is 2.73. The van der Waals surface area contributed by atoms with E-state index < -0.39 is 0 Å². The van der Waals surface area contributed by atoms with Crippen LogP contribution < -0.4 is 4.74 Å². The van der Waals surface area contributed by atoms with Crippen molar-refractivity contribution in [3.63, 3.8) is 0 Å². The minimum Gasteiger partial charge on any atom is -0.623 e. The van der Waals surface area contributed by atoms with Crippen LogP contribution in [-0.4, -0.2) is 40.7 Å². The molecule has 0 saturated carbocycles. The largest absolute Gasteiger partial charge is 0.623 e. The highest BCUT2D eigenvalue weighted by molar-refractivity contribution is 5.87. The lowest BCUT2D eigenvalue weighted by Crippen LogP contribution is -2.33. The third-order valence-electron chi connectivity index (χ3n) is 5.01. The van der Waals surface area contributed by atoms with Gasteiger partial charge in [-0.2, -0.15) is 0 Å². The molecule has 0 radical (unpaired) electrons. The zero-order valence-corrected chi connectivity index (χ0v) is 16.0. The number of nitrogens with zero attached hydrogens (tertiary/aromatic N) is 3. The number of aromatic nitrogens is 1. The standard InChI is InChI=1S/C23H25N3O2/c27-26(16-19-8-3-1-4-9-19)17-21-13-12-20-10-7-11-22(23(20)24-21)28-18-25-14-5-2-6-15-25/h1,3-4,7-13,17H,2,5-6,14-16,18H2/b26-17-. The quantitative estimate of drug-likeness (QED) is 0.281. The van der Waals surface area contributed by atoms with Crippen LogP contribution in [-0.2, 0) is 6.54 Å². The van der Waals surface area contributed by atoms with E-state index in [1.54, 1.807) is 0 Å². The molecule has 1 aliphatic rings. The van der Waals surface area contributed by atoms with Crippen LogP contribution in [0.25, 0.3) is 10.9 Å². The molecule has 0 aliphatic carbocycles. The van der Waals surface area contributed by atoms with Crippen molar-refractivity contribution in [1.29, 1.82) is 0 Å². The van der Waals surface area contributed by atoms with Gasteiger partial charge in [0.05, 0.1) is 0 Å². The summed E-state index contributed by atoms with van der Waals surface area (Å²) in [6.45, 7) is 3.05. The number of rotatable bonds is 6. The lowest BCUT2D eigenvalue weighted by Gasteiger charge is -2.26. The molecule has 0 N–H and O–H groups in total. The van der Waals surface area contributed by atoms with E-state index >= 15 is 0 Å². The van der Waals surface area contributed by atoms with E-state index in [-0.39, 0.29) is 0 Å². The number of para-hydroxylation sites is 1. The summed E-state index contributed by atoms with van der Waals surface area (Å²) in [5.41, 5.74) is 2.40. The third kappa shape index (κ3) is 4.67. The molecule has 0 bridgehead atoms. The maximum absolute atomic E-state index is 12.3. The summed E-state index contributed by atoms with van der Waals surface area (Å²) in [6, 6.07) is 19.5. The number of ether oxygens (including phenoxy) is 1. The second-order valence-corrected chi connectivity index (χ2v) is 7.21. The minimum absolute atomic E-state index is 0.299. The number of benzene rings is 2. The van der Waals surface area contributed by atoms with Gasteiger partial charge in [0.15, 0.2) is 6.54 Å². The van der Waals surface area contributed by atoms with Gasteiger partial charge in [0.25, 0.3) is 0 Å². The molecule has 1 saturated heterocycles. The van der Waals surface area contributed by atoms with Gasteiger partial charge < -0.3 is 9.94 Å². The topological polar surface area (TPSA) is 51.4 Å². The van der Waals surface area contributed by atoms with Crippen molar-refractivity contribution in [3.8, 4) is 5.75 Å². The van der Waals surface area contributed by atoms with Gasteiger partial charge in [-0.15, -0.1) is 0 Å². The van der Waals surface area contributed by atoms with E-state index in [0.717, 1.165) is 40.0 Å². The van der Waals surface area contributed by atoms with Crippen molar-refractivity contribution in [3.05, 3.63) is 77.1 Å². The average molecular weight is 375 g/mol. The fourth-order valence-electron chi connectivity index (χ4n) is 3.53. The predicted octanol–water partition coefficient (Wildman–Crippen LogP) is 4.19. The Morgan fingerprint density at radius 3 is 2.61 bits per heavy atom. The lowest BCUT2D eigenvalue weighted by molar-refractivity contribution is -0.469. The maximum atomic E-state index is 12.3. The van der Waals surface area contributed by atoms with E-state index in [2.05, 4.69) is 9.88 Å². The molecule has 1 aliphatic heterocycles. The summed E-state index contributed by atoms with van der Waals surface area (Å²) in [5, 5.41) is 13.3. The molecule has 0 atom stereocenters. The summed E-state index contributed by atoms with van der Waals surface area (Å²) in [4.78, 5) is 7.01. The molecule has 1 fully saturated rings. The smallest absolute Gasteiger partial charge is 0.200 e. The molecule has 28 heavy (non-hydrogen) atoms. The highest BCUT2D eigenvalue weighted by Gasteiger charge is 2.12. The Hall–Kier alpha value is -2.92. The summed E-state index contributed by atoms with van der Waals surface area (Å²) < 4.78 is 6.99. The van der Waals surface area contributed by atoms with Crippen LogP contribution in [0.1, 0.15) is 30.5 Å². The van der Waals surface area contributed by atoms with E-state index in [0.29, 0.717) is 19.0 Å². The summed E-state index contributed by atoms with van der Waals surface area (Å²) >= 11 is 0. The van der Waals surface area contributed by atoms with E-state index in [1.807, 2.05) is 60.7 Å². The van der Waals surface area contributed by atoms with Gasteiger partial charge in [-0.1, -0.05) is 55.0 Å². The fourth-order valence-corrected chi connectivity index (χ4v) is 3.53. The van der Waals surface area contributed by atoms with E-state index in [9.17, 15) is 5.21 Å². The molecule has 0 spiro atoms. The third-order valence-corrected chi connectivity index (χ3v) is 5.01. The lowest BCUT2D eigenvalue weighted by atomic mass is 10.1. The number of pyridine rings is 1. The normalized spacial score (nSPS) is 15.6. The molecule has 5 heteroatoms. The highest BCUT2D eigenvalue weighted by Crippen LogP contribution is 2.24. The number of piperidine rings is 1. The number of likely N-dealkylation sites (tertiary alicyclic amines) is 1. The highest BCUT2D eigenvalue weighted by atomic mass is 16.5. The van der Waals surface area contributed by atoms with Crippen molar-refractivity contribution in [2.75, 3.05) is 19.8 Å². The first-order chi connectivity index (χ1) is 13.8. The van der Waals surface area contributed by atoms with Gasteiger partial charge in [0.1, 0.15) is 23.7 Å². The molecule has 3 aromatic rings. The van der Waals surface area contributed by atoms with Gasteiger partial charge in [-0.3, -0.25) is 4.90 Å². The van der Waals surface area contributed by atoms with Crippen molar-refractivity contribution in [2.24, 2.45) is 0 Å². The van der Waals surface area contributed by atoms with Crippen molar-refractivity contribution >= 4 is 17.1 Å². The van der Waals surface area contributed by atoms with Crippen LogP contribution in [0, 0.1) is 5.21 Å². The Morgan fingerprint density at radius 2 is 1.79 bits per heavy atom. The molecule has 144 valence electrons. The van der Waals surface area contributed by atoms with Crippen LogP contribution in [0.5, 0.6) is 5.75 Å². The zero-order chi connectivity index (χ0) is 19.2. The van der Waals surface area contributed by atoms with Crippen molar-refractivity contribution < 1.29 is 9.48 Å². The van der Waals surface area contributed by atoms with Crippen LogP contribution in [0.4, 0.5) is 0 Å². The van der Waals surface area contributed by atoms with Gasteiger partial charge >= 0.3 is 0 Å². The summed E-state index contributed by atoms with van der Waals surface area (Å²) in [7, 11) is 0. The van der Waals surface area contributed by atoms with E-state index in [1.165, 1.54) is 25.5 Å². The molecule has 0 unspecified atom stereocenters. The Labute approximate surface area is 165 Å². The minimum atomic E-state index is 0.299. The van der Waals surface area contributed by atoms with Crippen molar-refractivity contribution in [1.82, 2.24) is 9.88 Å². The van der Waals surface area contributed by atoms with Gasteiger partial charge in [-0.25, -0.2) is 9.72 Å². The molecular formula is C23H25N3O2. The molecule has 0 amide bonds. The Balaban J connectivity index is 1.52. The Kier molecular flexibility index (Phi) is 5.83. The molecule has 5 nitrogen and oxygen atoms in total. The number of fused-ring (bicyclic) bond motifs is 1. The number of hydrogen-bond acceptors (Lipinski definition) is 4. The van der Waals surface area contributed by atoms with Crippen LogP contribution in [0.2, 0.25) is 0 Å². The molecule has 1 aromatic heterocycles. The van der Waals surface area contributed by atoms with Crippen LogP contribution in [0.3, 0.4) is 0 Å². The second-order valence-electron chi connectivity index (χ2n) is 7.21. The van der Waals surface area contributed by atoms with Crippen molar-refractivity contribution in [2.45, 2.75) is 25.8 Å².